The quantitative estimate of drug-likeness (QED) is 0.847. The zero-order valence-electron chi connectivity index (χ0n) is 10.3. The molecule has 0 aromatic heterocycles. The van der Waals surface area contributed by atoms with Crippen molar-refractivity contribution in [3.05, 3.63) is 52.5 Å². The molecule has 2 aromatic rings. The molecule has 0 saturated carbocycles. The summed E-state index contributed by atoms with van der Waals surface area (Å²) in [6, 6.07) is 9.20. The van der Waals surface area contributed by atoms with Gasteiger partial charge < -0.3 is 14.9 Å². The van der Waals surface area contributed by atoms with Gasteiger partial charge in [0.2, 0.25) is 0 Å². The van der Waals surface area contributed by atoms with Crippen molar-refractivity contribution in [3.8, 4) is 17.2 Å². The summed E-state index contributed by atoms with van der Waals surface area (Å²) >= 11 is 5.83. The van der Waals surface area contributed by atoms with Crippen molar-refractivity contribution in [2.75, 3.05) is 6.61 Å². The molecular formula is C15H11ClO4. The third kappa shape index (κ3) is 2.08. The first-order valence-corrected chi connectivity index (χ1v) is 6.42. The van der Waals surface area contributed by atoms with Crippen LogP contribution >= 0.6 is 11.6 Å². The number of Topliss-reactive ketones (excluding diaryl/α,β-unsaturated/α-hetero) is 1. The average Bonchev–Trinajstić information content (AvgIpc) is 2.43. The van der Waals surface area contributed by atoms with Gasteiger partial charge in [0.1, 0.15) is 23.9 Å². The van der Waals surface area contributed by atoms with Crippen LogP contribution in [-0.4, -0.2) is 22.6 Å². The van der Waals surface area contributed by atoms with Crippen LogP contribution in [-0.2, 0) is 0 Å². The number of ketones is 1. The SMILES string of the molecule is O=C1c2cc(Cl)c(O)cc2OCC1c1ccc(O)cc1. The lowest BCUT2D eigenvalue weighted by Crippen LogP contribution is -2.26. The first kappa shape index (κ1) is 12.8. The number of carbonyl (C=O) groups excluding carboxylic acids is 1. The largest absolute Gasteiger partial charge is 0.508 e. The highest BCUT2D eigenvalue weighted by atomic mass is 35.5. The molecule has 5 heteroatoms. The van der Waals surface area contributed by atoms with E-state index >= 15 is 0 Å². The fourth-order valence-corrected chi connectivity index (χ4v) is 2.41. The smallest absolute Gasteiger partial charge is 0.177 e. The summed E-state index contributed by atoms with van der Waals surface area (Å²) in [6.45, 7) is 0.192. The molecule has 1 aliphatic heterocycles. The lowest BCUT2D eigenvalue weighted by molar-refractivity contribution is 0.0896. The Bertz CT molecular complexity index is 679. The molecule has 4 nitrogen and oxygen atoms in total. The highest BCUT2D eigenvalue weighted by Crippen LogP contribution is 2.38. The van der Waals surface area contributed by atoms with Crippen molar-refractivity contribution in [3.63, 3.8) is 0 Å². The van der Waals surface area contributed by atoms with Crippen molar-refractivity contribution in [2.24, 2.45) is 0 Å². The van der Waals surface area contributed by atoms with Crippen LogP contribution in [0.1, 0.15) is 21.8 Å². The minimum Gasteiger partial charge on any atom is -0.508 e. The number of hydrogen-bond acceptors (Lipinski definition) is 4. The van der Waals surface area contributed by atoms with Gasteiger partial charge >= 0.3 is 0 Å². The highest BCUT2D eigenvalue weighted by Gasteiger charge is 2.31. The second-order valence-electron chi connectivity index (χ2n) is 4.62. The number of phenolic OH excluding ortho intramolecular Hbond substituents is 2. The summed E-state index contributed by atoms with van der Waals surface area (Å²) in [4.78, 5) is 12.5. The molecule has 1 heterocycles. The molecule has 2 N–H and O–H groups in total. The topological polar surface area (TPSA) is 66.8 Å². The summed E-state index contributed by atoms with van der Waals surface area (Å²) < 4.78 is 5.52. The Morgan fingerprint density at radius 3 is 2.55 bits per heavy atom. The van der Waals surface area contributed by atoms with Gasteiger partial charge in [0.05, 0.1) is 16.5 Å². The monoisotopic (exact) mass is 290 g/mol. The lowest BCUT2D eigenvalue weighted by atomic mass is 9.89. The Morgan fingerprint density at radius 1 is 1.15 bits per heavy atom. The predicted octanol–water partition coefficient (Wildman–Crippen LogP) is 3.11. The summed E-state index contributed by atoms with van der Waals surface area (Å²) in [5, 5.41) is 18.9. The highest BCUT2D eigenvalue weighted by molar-refractivity contribution is 6.32. The molecule has 0 bridgehead atoms. The third-order valence-electron chi connectivity index (χ3n) is 3.33. The van der Waals surface area contributed by atoms with Crippen molar-refractivity contribution < 1.29 is 19.7 Å². The molecule has 0 spiro atoms. The first-order chi connectivity index (χ1) is 9.56. The number of hydrogen-bond donors (Lipinski definition) is 2. The molecule has 0 radical (unpaired) electrons. The number of halogens is 1. The normalized spacial score (nSPS) is 17.4. The number of aromatic hydroxyl groups is 2. The standard InChI is InChI=1S/C15H11ClO4/c16-12-5-10-14(6-13(12)18)20-7-11(15(10)19)8-1-3-9(17)4-2-8/h1-6,11,17-18H,7H2. The summed E-state index contributed by atoms with van der Waals surface area (Å²) in [5.74, 6) is -0.179. The molecule has 2 aromatic carbocycles. The number of carbonyl (C=O) groups is 1. The van der Waals surface area contributed by atoms with Crippen LogP contribution < -0.4 is 4.74 Å². The van der Waals surface area contributed by atoms with Gasteiger partial charge in [-0.1, -0.05) is 23.7 Å². The van der Waals surface area contributed by atoms with Gasteiger partial charge in [-0.25, -0.2) is 0 Å². The van der Waals surface area contributed by atoms with Crippen molar-refractivity contribution in [2.45, 2.75) is 5.92 Å². The van der Waals surface area contributed by atoms with E-state index in [0.717, 1.165) is 5.56 Å². The number of benzene rings is 2. The van der Waals surface area contributed by atoms with E-state index in [1.807, 2.05) is 0 Å². The van der Waals surface area contributed by atoms with Gasteiger partial charge in [0.15, 0.2) is 5.78 Å². The van der Waals surface area contributed by atoms with Crippen LogP contribution in [0.3, 0.4) is 0 Å². The molecule has 0 amide bonds. The summed E-state index contributed by atoms with van der Waals surface area (Å²) in [6.07, 6.45) is 0. The molecule has 102 valence electrons. The number of phenols is 2. The molecule has 3 rings (SSSR count). The fraction of sp³-hybridized carbons (Fsp3) is 0.133. The van der Waals surface area contributed by atoms with Crippen molar-refractivity contribution in [1.82, 2.24) is 0 Å². The van der Waals surface area contributed by atoms with E-state index in [9.17, 15) is 15.0 Å². The van der Waals surface area contributed by atoms with Crippen LogP contribution in [0.5, 0.6) is 17.2 Å². The Balaban J connectivity index is 2.00. The van der Waals surface area contributed by atoms with Crippen molar-refractivity contribution >= 4 is 17.4 Å². The Labute approximate surface area is 120 Å². The zero-order valence-corrected chi connectivity index (χ0v) is 11.1. The van der Waals surface area contributed by atoms with Gasteiger partial charge in [0, 0.05) is 6.07 Å². The van der Waals surface area contributed by atoms with E-state index in [1.165, 1.54) is 24.3 Å². The minimum atomic E-state index is -0.441. The van der Waals surface area contributed by atoms with E-state index < -0.39 is 5.92 Å². The van der Waals surface area contributed by atoms with Crippen LogP contribution in [0.4, 0.5) is 0 Å². The molecule has 20 heavy (non-hydrogen) atoms. The van der Waals surface area contributed by atoms with E-state index in [4.69, 9.17) is 16.3 Å². The number of fused-ring (bicyclic) bond motifs is 1. The van der Waals surface area contributed by atoms with Crippen LogP contribution in [0.2, 0.25) is 5.02 Å². The summed E-state index contributed by atoms with van der Waals surface area (Å²) in [7, 11) is 0. The van der Waals surface area contributed by atoms with Gasteiger partial charge in [-0.2, -0.15) is 0 Å². The van der Waals surface area contributed by atoms with E-state index in [1.54, 1.807) is 12.1 Å². The predicted molar refractivity (Wildman–Crippen MR) is 73.8 cm³/mol. The lowest BCUT2D eigenvalue weighted by Gasteiger charge is -2.24. The van der Waals surface area contributed by atoms with Gasteiger partial charge in [-0.05, 0) is 23.8 Å². The van der Waals surface area contributed by atoms with Gasteiger partial charge in [0.25, 0.3) is 0 Å². The van der Waals surface area contributed by atoms with Gasteiger partial charge in [-0.3, -0.25) is 4.79 Å². The van der Waals surface area contributed by atoms with Crippen LogP contribution in [0, 0.1) is 0 Å². The maximum Gasteiger partial charge on any atom is 0.177 e. The fourth-order valence-electron chi connectivity index (χ4n) is 2.25. The Hall–Kier alpha value is -2.20. The summed E-state index contributed by atoms with van der Waals surface area (Å²) in [5.41, 5.74) is 1.12. The van der Waals surface area contributed by atoms with E-state index in [0.29, 0.717) is 11.3 Å². The van der Waals surface area contributed by atoms with E-state index in [-0.39, 0.29) is 28.9 Å². The minimum absolute atomic E-state index is 0.110. The number of ether oxygens (including phenoxy) is 1. The average molecular weight is 291 g/mol. The number of rotatable bonds is 1. The maximum atomic E-state index is 12.5. The second-order valence-corrected chi connectivity index (χ2v) is 5.03. The maximum absolute atomic E-state index is 12.5. The molecule has 1 unspecified atom stereocenters. The molecular weight excluding hydrogens is 280 g/mol. The Morgan fingerprint density at radius 2 is 1.85 bits per heavy atom. The van der Waals surface area contributed by atoms with Gasteiger partial charge in [-0.15, -0.1) is 0 Å². The molecule has 0 aliphatic carbocycles. The Kier molecular flexibility index (Phi) is 3.03. The molecule has 1 aliphatic rings. The zero-order chi connectivity index (χ0) is 14.3. The molecule has 0 fully saturated rings. The van der Waals surface area contributed by atoms with Crippen molar-refractivity contribution in [1.29, 1.82) is 0 Å². The molecule has 0 saturated heterocycles. The third-order valence-corrected chi connectivity index (χ3v) is 3.63. The first-order valence-electron chi connectivity index (χ1n) is 6.04. The second kappa shape index (κ2) is 4.72. The van der Waals surface area contributed by atoms with E-state index in [2.05, 4.69) is 0 Å². The molecule has 1 atom stereocenters. The van der Waals surface area contributed by atoms with Crippen LogP contribution in [0.15, 0.2) is 36.4 Å². The van der Waals surface area contributed by atoms with Crippen LogP contribution in [0.25, 0.3) is 0 Å².